The molecule has 1 saturated heterocycles. The smallest absolute Gasteiger partial charge is 0.311 e. The average Bonchev–Trinajstić information content (AvgIpc) is 3.30. The number of benzene rings is 1. The summed E-state index contributed by atoms with van der Waals surface area (Å²) in [6, 6.07) is 6.42. The van der Waals surface area contributed by atoms with Crippen molar-refractivity contribution in [2.24, 2.45) is 0 Å². The number of para-hydroxylation sites is 2. The average molecular weight is 412 g/mol. The molecule has 150 valence electrons. The Kier molecular flexibility index (Phi) is 4.86. The summed E-state index contributed by atoms with van der Waals surface area (Å²) in [4.78, 5) is 25.0. The van der Waals surface area contributed by atoms with Crippen LogP contribution in [0.4, 0.5) is 5.69 Å². The van der Waals surface area contributed by atoms with E-state index in [0.29, 0.717) is 31.5 Å². The first-order chi connectivity index (χ1) is 14.2. The summed E-state index contributed by atoms with van der Waals surface area (Å²) in [7, 11) is 0. The quantitative estimate of drug-likeness (QED) is 0.466. The van der Waals surface area contributed by atoms with Crippen molar-refractivity contribution in [3.05, 3.63) is 50.6 Å². The fraction of sp³-hybridized carbons (Fsp3) is 0.400. The third-order valence-corrected chi connectivity index (χ3v) is 6.50. The van der Waals surface area contributed by atoms with Gasteiger partial charge in [-0.1, -0.05) is 12.1 Å². The van der Waals surface area contributed by atoms with Crippen molar-refractivity contribution in [3.63, 3.8) is 0 Å². The Morgan fingerprint density at radius 2 is 2.03 bits per heavy atom. The van der Waals surface area contributed by atoms with E-state index in [0.717, 1.165) is 42.6 Å². The molecule has 0 N–H and O–H groups in total. The summed E-state index contributed by atoms with van der Waals surface area (Å²) in [5, 5.41) is 12.3. The summed E-state index contributed by atoms with van der Waals surface area (Å²) >= 11 is 1.69. The minimum Gasteiger partial charge on any atom is -0.431 e. The van der Waals surface area contributed by atoms with Crippen molar-refractivity contribution in [3.8, 4) is 11.6 Å². The first kappa shape index (κ1) is 18.4. The molecule has 0 unspecified atom stereocenters. The van der Waals surface area contributed by atoms with Crippen LogP contribution in [0.5, 0.6) is 11.6 Å². The summed E-state index contributed by atoms with van der Waals surface area (Å²) in [5.41, 5.74) is 1.16. The highest BCUT2D eigenvalue weighted by Gasteiger charge is 2.25. The zero-order valence-electron chi connectivity index (χ0n) is 15.8. The van der Waals surface area contributed by atoms with Crippen molar-refractivity contribution < 1.29 is 14.4 Å². The lowest BCUT2D eigenvalue weighted by Crippen LogP contribution is -2.36. The zero-order valence-corrected chi connectivity index (χ0v) is 16.6. The van der Waals surface area contributed by atoms with Gasteiger partial charge in [0.1, 0.15) is 10.7 Å². The number of hydrogen-bond donors (Lipinski definition) is 0. The van der Waals surface area contributed by atoms with Crippen LogP contribution in [0.25, 0.3) is 10.2 Å². The summed E-state index contributed by atoms with van der Waals surface area (Å²) in [5.74, 6) is 1.30. The van der Waals surface area contributed by atoms with Crippen molar-refractivity contribution in [1.82, 2.24) is 14.9 Å². The molecule has 29 heavy (non-hydrogen) atoms. The molecule has 2 aromatic heterocycles. The molecule has 0 bridgehead atoms. The lowest BCUT2D eigenvalue weighted by atomic mass is 10.2. The van der Waals surface area contributed by atoms with Crippen LogP contribution in [0.1, 0.15) is 22.7 Å². The van der Waals surface area contributed by atoms with Gasteiger partial charge >= 0.3 is 5.69 Å². The van der Waals surface area contributed by atoms with Crippen LogP contribution >= 0.6 is 11.3 Å². The molecule has 2 aliphatic rings. The Labute approximate surface area is 171 Å². The van der Waals surface area contributed by atoms with E-state index in [9.17, 15) is 10.1 Å². The van der Waals surface area contributed by atoms with Gasteiger partial charge in [-0.2, -0.15) is 4.98 Å². The van der Waals surface area contributed by atoms with E-state index in [1.807, 2.05) is 0 Å². The second kappa shape index (κ2) is 7.66. The standard InChI is InChI=1S/C20H20N4O4S/c25-24(26)14-5-1-2-6-15(14)28-19-18-13-4-3-7-16(13)29-20(18)22-17(21-19)12-23-8-10-27-11-9-23/h1-2,5-6H,3-4,7-12H2. The molecule has 3 heterocycles. The number of fused-ring (bicyclic) bond motifs is 3. The number of nitro groups is 1. The monoisotopic (exact) mass is 412 g/mol. The number of ether oxygens (including phenoxy) is 2. The number of aromatic nitrogens is 2. The van der Waals surface area contributed by atoms with E-state index < -0.39 is 4.92 Å². The number of thiophene rings is 1. The SMILES string of the molecule is O=[N+]([O-])c1ccccc1Oc1nc(CN2CCOCC2)nc2sc3c(c12)CCC3. The van der Waals surface area contributed by atoms with Gasteiger partial charge in [-0.05, 0) is 30.9 Å². The molecule has 5 rings (SSSR count). The minimum absolute atomic E-state index is 0.0686. The first-order valence-electron chi connectivity index (χ1n) is 9.71. The normalized spacial score (nSPS) is 16.8. The van der Waals surface area contributed by atoms with Crippen molar-refractivity contribution in [1.29, 1.82) is 0 Å². The molecule has 0 amide bonds. The number of rotatable bonds is 5. The van der Waals surface area contributed by atoms with Gasteiger partial charge in [0.05, 0.1) is 30.1 Å². The van der Waals surface area contributed by atoms with Crippen molar-refractivity contribution in [2.75, 3.05) is 26.3 Å². The number of aryl methyl sites for hydroxylation is 2. The number of hydrogen-bond acceptors (Lipinski definition) is 8. The van der Waals surface area contributed by atoms with Crippen LogP contribution in [-0.2, 0) is 24.1 Å². The van der Waals surface area contributed by atoms with E-state index in [1.54, 1.807) is 29.5 Å². The third-order valence-electron chi connectivity index (χ3n) is 5.32. The van der Waals surface area contributed by atoms with Crippen LogP contribution in [-0.4, -0.2) is 46.1 Å². The first-order valence-corrected chi connectivity index (χ1v) is 10.5. The largest absolute Gasteiger partial charge is 0.431 e. The predicted molar refractivity (Wildman–Crippen MR) is 109 cm³/mol. The van der Waals surface area contributed by atoms with Gasteiger partial charge in [0.25, 0.3) is 0 Å². The Hall–Kier alpha value is -2.62. The molecular weight excluding hydrogens is 392 g/mol. The fourth-order valence-electron chi connectivity index (χ4n) is 3.91. The zero-order chi connectivity index (χ0) is 19.8. The van der Waals surface area contributed by atoms with E-state index in [2.05, 4.69) is 4.90 Å². The number of nitrogens with zero attached hydrogens (tertiary/aromatic N) is 4. The van der Waals surface area contributed by atoms with Crippen LogP contribution in [0.3, 0.4) is 0 Å². The molecule has 0 spiro atoms. The molecule has 9 heteroatoms. The predicted octanol–water partition coefficient (Wildman–Crippen LogP) is 3.71. The van der Waals surface area contributed by atoms with Crippen molar-refractivity contribution >= 4 is 27.2 Å². The molecule has 1 aliphatic heterocycles. The Balaban J connectivity index is 1.57. The number of morpholine rings is 1. The van der Waals surface area contributed by atoms with Crippen molar-refractivity contribution in [2.45, 2.75) is 25.8 Å². The van der Waals surface area contributed by atoms with Crippen LogP contribution in [0, 0.1) is 10.1 Å². The number of nitro benzene ring substituents is 1. The van der Waals surface area contributed by atoms with E-state index in [-0.39, 0.29) is 11.4 Å². The fourth-order valence-corrected chi connectivity index (χ4v) is 5.18. The highest BCUT2D eigenvalue weighted by Crippen LogP contribution is 2.42. The lowest BCUT2D eigenvalue weighted by molar-refractivity contribution is -0.385. The minimum atomic E-state index is -0.430. The second-order valence-electron chi connectivity index (χ2n) is 7.20. The molecule has 1 aliphatic carbocycles. The third kappa shape index (κ3) is 3.57. The van der Waals surface area contributed by atoms with Gasteiger partial charge in [0.2, 0.25) is 11.6 Å². The summed E-state index contributed by atoms with van der Waals surface area (Å²) < 4.78 is 11.5. The topological polar surface area (TPSA) is 90.6 Å². The molecule has 3 aromatic rings. The van der Waals surface area contributed by atoms with Gasteiger partial charge in [-0.3, -0.25) is 15.0 Å². The van der Waals surface area contributed by atoms with E-state index in [1.165, 1.54) is 16.5 Å². The van der Waals surface area contributed by atoms with Crippen LogP contribution in [0.15, 0.2) is 24.3 Å². The van der Waals surface area contributed by atoms with Crippen LogP contribution in [0.2, 0.25) is 0 Å². The van der Waals surface area contributed by atoms with Gasteiger partial charge in [-0.15, -0.1) is 11.3 Å². The molecule has 0 radical (unpaired) electrons. The summed E-state index contributed by atoms with van der Waals surface area (Å²) in [6.45, 7) is 3.69. The molecule has 8 nitrogen and oxygen atoms in total. The highest BCUT2D eigenvalue weighted by molar-refractivity contribution is 7.19. The molecule has 1 fully saturated rings. The lowest BCUT2D eigenvalue weighted by Gasteiger charge is -2.25. The van der Waals surface area contributed by atoms with Crippen LogP contribution < -0.4 is 4.74 Å². The second-order valence-corrected chi connectivity index (χ2v) is 8.28. The maximum absolute atomic E-state index is 11.4. The maximum atomic E-state index is 11.4. The van der Waals surface area contributed by atoms with E-state index >= 15 is 0 Å². The molecule has 0 atom stereocenters. The van der Waals surface area contributed by atoms with Gasteiger partial charge < -0.3 is 9.47 Å². The Bertz CT molecular complexity index is 1080. The van der Waals surface area contributed by atoms with E-state index in [4.69, 9.17) is 19.4 Å². The van der Waals surface area contributed by atoms with Gasteiger partial charge in [0.15, 0.2) is 0 Å². The Morgan fingerprint density at radius 1 is 1.21 bits per heavy atom. The summed E-state index contributed by atoms with van der Waals surface area (Å²) in [6.07, 6.45) is 3.12. The Morgan fingerprint density at radius 3 is 2.86 bits per heavy atom. The maximum Gasteiger partial charge on any atom is 0.311 e. The van der Waals surface area contributed by atoms with Gasteiger partial charge in [-0.25, -0.2) is 4.98 Å². The van der Waals surface area contributed by atoms with Gasteiger partial charge in [0, 0.05) is 24.0 Å². The highest BCUT2D eigenvalue weighted by atomic mass is 32.1. The molecule has 0 saturated carbocycles. The molecule has 1 aromatic carbocycles. The molecular formula is C20H20N4O4S.